The summed E-state index contributed by atoms with van der Waals surface area (Å²) in [6.07, 6.45) is 15.1. The molecule has 0 aromatic carbocycles. The van der Waals surface area contributed by atoms with Gasteiger partial charge in [-0.2, -0.15) is 0 Å². The smallest absolute Gasteiger partial charge is 0.234 e. The van der Waals surface area contributed by atoms with Crippen LogP contribution < -0.4 is 0 Å². The molecular formula is C20H29NO2. The van der Waals surface area contributed by atoms with Crippen LogP contribution >= 0.6 is 0 Å². The summed E-state index contributed by atoms with van der Waals surface area (Å²) in [5.41, 5.74) is 3.38. The second-order valence-corrected chi connectivity index (χ2v) is 8.90. The van der Waals surface area contributed by atoms with Gasteiger partial charge in [0.1, 0.15) is 0 Å². The van der Waals surface area contributed by atoms with E-state index in [9.17, 15) is 10.1 Å². The monoisotopic (exact) mass is 315 g/mol. The van der Waals surface area contributed by atoms with Crippen LogP contribution in [0.3, 0.4) is 0 Å². The lowest BCUT2D eigenvalue weighted by Gasteiger charge is -2.56. The Morgan fingerprint density at radius 2 is 1.91 bits per heavy atom. The molecule has 126 valence electrons. The minimum absolute atomic E-state index is 0.0879. The summed E-state index contributed by atoms with van der Waals surface area (Å²) in [5, 5.41) is 11.0. The number of nitro groups is 1. The summed E-state index contributed by atoms with van der Waals surface area (Å²) in [4.78, 5) is 10.8. The summed E-state index contributed by atoms with van der Waals surface area (Å²) in [7, 11) is 0. The average Bonchev–Trinajstić information content (AvgIpc) is 2.83. The first-order valence-corrected chi connectivity index (χ1v) is 9.49. The molecule has 4 aliphatic carbocycles. The van der Waals surface area contributed by atoms with Crippen molar-refractivity contribution in [2.24, 2.45) is 28.6 Å². The maximum Gasteiger partial charge on any atom is 0.234 e. The van der Waals surface area contributed by atoms with Crippen molar-refractivity contribution in [3.63, 3.8) is 0 Å². The zero-order chi connectivity index (χ0) is 16.2. The molecule has 0 spiro atoms. The van der Waals surface area contributed by atoms with Crippen LogP contribution in [-0.2, 0) is 0 Å². The van der Waals surface area contributed by atoms with Crippen LogP contribution in [0.15, 0.2) is 23.4 Å². The molecule has 5 atom stereocenters. The Balaban J connectivity index is 1.68. The minimum Gasteiger partial charge on any atom is -0.259 e. The number of fused-ring (bicyclic) bond motifs is 5. The molecule has 0 saturated heterocycles. The standard InChI is InChI=1S/C20H29NO2/c1-19-11-4-3-5-14(19)6-8-16-17-9-7-15(13-21(22)23)20(17,2)12-10-18(16)19/h6,13,16-18H,3-5,7-12H2,1-2H3/t16-,17-,18+,19-,20+/m0/s1. The van der Waals surface area contributed by atoms with Crippen LogP contribution in [0.25, 0.3) is 0 Å². The summed E-state index contributed by atoms with van der Waals surface area (Å²) in [5.74, 6) is 2.22. The van der Waals surface area contributed by atoms with Gasteiger partial charge >= 0.3 is 0 Å². The van der Waals surface area contributed by atoms with Crippen molar-refractivity contribution in [2.75, 3.05) is 0 Å². The number of hydrogen-bond acceptors (Lipinski definition) is 2. The van der Waals surface area contributed by atoms with Gasteiger partial charge in [-0.15, -0.1) is 0 Å². The average molecular weight is 315 g/mol. The van der Waals surface area contributed by atoms with Crippen molar-refractivity contribution in [1.82, 2.24) is 0 Å². The molecule has 23 heavy (non-hydrogen) atoms. The van der Waals surface area contributed by atoms with E-state index in [1.54, 1.807) is 5.57 Å². The molecule has 3 saturated carbocycles. The largest absolute Gasteiger partial charge is 0.259 e. The third kappa shape index (κ3) is 2.15. The third-order valence-electron chi connectivity index (χ3n) is 8.13. The maximum absolute atomic E-state index is 11.0. The zero-order valence-electron chi connectivity index (χ0n) is 14.5. The van der Waals surface area contributed by atoms with Crippen LogP contribution in [0, 0.1) is 38.7 Å². The Kier molecular flexibility index (Phi) is 3.48. The number of hydrogen-bond donors (Lipinski definition) is 0. The molecule has 3 heteroatoms. The van der Waals surface area contributed by atoms with E-state index < -0.39 is 0 Å². The van der Waals surface area contributed by atoms with Gasteiger partial charge in [-0.1, -0.05) is 31.9 Å². The molecule has 3 nitrogen and oxygen atoms in total. The first-order chi connectivity index (χ1) is 10.9. The van der Waals surface area contributed by atoms with Crippen LogP contribution in [0.1, 0.15) is 71.6 Å². The van der Waals surface area contributed by atoms with Gasteiger partial charge in [-0.25, -0.2) is 0 Å². The molecule has 0 radical (unpaired) electrons. The van der Waals surface area contributed by atoms with Crippen molar-refractivity contribution < 1.29 is 4.92 Å². The molecule has 3 fully saturated rings. The van der Waals surface area contributed by atoms with E-state index in [0.717, 1.165) is 36.7 Å². The fraction of sp³-hybridized carbons (Fsp3) is 0.800. The molecule has 0 unspecified atom stereocenters. The van der Waals surface area contributed by atoms with Gasteiger partial charge in [0.15, 0.2) is 0 Å². The maximum atomic E-state index is 11.0. The van der Waals surface area contributed by atoms with E-state index in [-0.39, 0.29) is 10.3 Å². The molecule has 0 N–H and O–H groups in total. The van der Waals surface area contributed by atoms with Crippen LogP contribution in [0.2, 0.25) is 0 Å². The van der Waals surface area contributed by atoms with E-state index in [1.165, 1.54) is 44.7 Å². The fourth-order valence-corrected chi connectivity index (χ4v) is 6.89. The third-order valence-corrected chi connectivity index (χ3v) is 8.13. The molecule has 0 heterocycles. The van der Waals surface area contributed by atoms with Crippen molar-refractivity contribution in [1.29, 1.82) is 0 Å². The Hall–Kier alpha value is -1.12. The Morgan fingerprint density at radius 1 is 1.13 bits per heavy atom. The van der Waals surface area contributed by atoms with Crippen LogP contribution in [0.5, 0.6) is 0 Å². The molecule has 4 rings (SSSR count). The quantitative estimate of drug-likeness (QED) is 0.364. The van der Waals surface area contributed by atoms with E-state index in [4.69, 9.17) is 0 Å². The highest BCUT2D eigenvalue weighted by Gasteiger charge is 2.57. The predicted octanol–water partition coefficient (Wildman–Crippen LogP) is 5.50. The van der Waals surface area contributed by atoms with E-state index in [0.29, 0.717) is 11.3 Å². The highest BCUT2D eigenvalue weighted by Crippen LogP contribution is 2.66. The summed E-state index contributed by atoms with van der Waals surface area (Å²) >= 11 is 0. The van der Waals surface area contributed by atoms with Gasteiger partial charge in [-0.3, -0.25) is 10.1 Å². The first-order valence-electron chi connectivity index (χ1n) is 9.49. The molecule has 0 aromatic rings. The number of nitrogens with zero attached hydrogens (tertiary/aromatic N) is 1. The lowest BCUT2D eigenvalue weighted by Crippen LogP contribution is -2.48. The van der Waals surface area contributed by atoms with Gasteiger partial charge in [0, 0.05) is 5.57 Å². The summed E-state index contributed by atoms with van der Waals surface area (Å²) in [6, 6.07) is 0. The second-order valence-electron chi connectivity index (χ2n) is 8.90. The van der Waals surface area contributed by atoms with E-state index in [2.05, 4.69) is 19.9 Å². The molecule has 0 aliphatic heterocycles. The molecular weight excluding hydrogens is 286 g/mol. The molecule has 4 aliphatic rings. The second kappa shape index (κ2) is 5.19. The molecule has 0 amide bonds. The lowest BCUT2D eigenvalue weighted by molar-refractivity contribution is -0.404. The fourth-order valence-electron chi connectivity index (χ4n) is 6.89. The van der Waals surface area contributed by atoms with Crippen LogP contribution in [-0.4, -0.2) is 4.92 Å². The normalized spacial score (nSPS) is 47.5. The highest BCUT2D eigenvalue weighted by molar-refractivity contribution is 5.28. The Labute approximate surface area is 139 Å². The van der Waals surface area contributed by atoms with Crippen molar-refractivity contribution in [3.05, 3.63) is 33.5 Å². The van der Waals surface area contributed by atoms with Gasteiger partial charge in [0.2, 0.25) is 6.20 Å². The lowest BCUT2D eigenvalue weighted by atomic mass is 9.48. The first kappa shape index (κ1) is 15.4. The van der Waals surface area contributed by atoms with E-state index in [1.807, 2.05) is 0 Å². The predicted molar refractivity (Wildman–Crippen MR) is 91.4 cm³/mol. The van der Waals surface area contributed by atoms with Gasteiger partial charge < -0.3 is 0 Å². The SMILES string of the molecule is C[C@]12CCCCC1=CC[C@@H]1[C@H]2CC[C@]2(C)C(=C[N+](=O)[O-])CC[C@@H]12. The number of rotatable bonds is 1. The van der Waals surface area contributed by atoms with Gasteiger partial charge in [0.25, 0.3) is 0 Å². The van der Waals surface area contributed by atoms with Crippen molar-refractivity contribution in [3.8, 4) is 0 Å². The summed E-state index contributed by atoms with van der Waals surface area (Å²) < 4.78 is 0. The zero-order valence-corrected chi connectivity index (χ0v) is 14.5. The molecule has 0 bridgehead atoms. The van der Waals surface area contributed by atoms with Crippen LogP contribution in [0.4, 0.5) is 0 Å². The topological polar surface area (TPSA) is 43.1 Å². The van der Waals surface area contributed by atoms with Gasteiger partial charge in [0.05, 0.1) is 4.92 Å². The summed E-state index contributed by atoms with van der Waals surface area (Å²) in [6.45, 7) is 4.85. The van der Waals surface area contributed by atoms with Gasteiger partial charge in [-0.05, 0) is 80.0 Å². The van der Waals surface area contributed by atoms with Crippen molar-refractivity contribution in [2.45, 2.75) is 71.6 Å². The van der Waals surface area contributed by atoms with Crippen molar-refractivity contribution >= 4 is 0 Å². The van der Waals surface area contributed by atoms with E-state index >= 15 is 0 Å². The highest BCUT2D eigenvalue weighted by atomic mass is 16.6. The number of allylic oxidation sites excluding steroid dienone is 3. The Bertz CT molecular complexity index is 592. The Morgan fingerprint density at radius 3 is 2.70 bits per heavy atom. The minimum atomic E-state index is -0.226. The molecule has 0 aromatic heterocycles.